The molecule has 0 unspecified atom stereocenters. The van der Waals surface area contributed by atoms with Crippen LogP contribution in [0.5, 0.6) is 0 Å². The van der Waals surface area contributed by atoms with Crippen molar-refractivity contribution < 1.29 is 0 Å². The van der Waals surface area contributed by atoms with Crippen LogP contribution in [0.15, 0.2) is 54.6 Å². The molecule has 0 aliphatic rings. The third-order valence-corrected chi connectivity index (χ3v) is 3.14. The Morgan fingerprint density at radius 1 is 1.00 bits per heavy atom. The van der Waals surface area contributed by atoms with Gasteiger partial charge in [0, 0.05) is 12.1 Å². The largest absolute Gasteiger partial charge is 0.323 e. The van der Waals surface area contributed by atoms with E-state index in [0.717, 1.165) is 17.9 Å². The summed E-state index contributed by atoms with van der Waals surface area (Å²) in [6.45, 7) is 2.06. The fraction of sp³-hybridized carbons (Fsp3) is 0.125. The molecule has 100 valence electrons. The quantitative estimate of drug-likeness (QED) is 0.759. The summed E-state index contributed by atoms with van der Waals surface area (Å²) in [4.78, 5) is 4.46. The van der Waals surface area contributed by atoms with Crippen LogP contribution >= 0.6 is 0 Å². The molecule has 4 heteroatoms. The normalized spacial score (nSPS) is 10.4. The predicted octanol–water partition coefficient (Wildman–Crippen LogP) is 3.45. The molecule has 0 fully saturated rings. The summed E-state index contributed by atoms with van der Waals surface area (Å²) in [5, 5.41) is 10.4. The van der Waals surface area contributed by atoms with Gasteiger partial charge in [0.05, 0.1) is 0 Å². The van der Waals surface area contributed by atoms with Gasteiger partial charge in [-0.15, -0.1) is 5.10 Å². The van der Waals surface area contributed by atoms with Gasteiger partial charge in [-0.05, 0) is 24.1 Å². The van der Waals surface area contributed by atoms with E-state index in [9.17, 15) is 0 Å². The highest BCUT2D eigenvalue weighted by Gasteiger charge is 2.05. The molecule has 0 spiro atoms. The van der Waals surface area contributed by atoms with E-state index in [-0.39, 0.29) is 0 Å². The summed E-state index contributed by atoms with van der Waals surface area (Å²) in [6, 6.07) is 18.3. The number of aromatic nitrogens is 3. The Kier molecular flexibility index (Phi) is 3.46. The van der Waals surface area contributed by atoms with Crippen LogP contribution in [0, 0.1) is 6.92 Å². The maximum Gasteiger partial charge on any atom is 0.246 e. The van der Waals surface area contributed by atoms with Crippen molar-refractivity contribution in [2.75, 3.05) is 5.32 Å². The number of rotatable bonds is 4. The maximum absolute atomic E-state index is 4.46. The van der Waals surface area contributed by atoms with Crippen LogP contribution in [0.3, 0.4) is 0 Å². The molecule has 3 aromatic rings. The number of aromatic amines is 1. The minimum absolute atomic E-state index is 0.602. The van der Waals surface area contributed by atoms with E-state index in [0.29, 0.717) is 5.95 Å². The minimum Gasteiger partial charge on any atom is -0.323 e. The number of para-hydroxylation sites is 1. The van der Waals surface area contributed by atoms with Gasteiger partial charge in [-0.1, -0.05) is 48.5 Å². The molecule has 0 saturated heterocycles. The lowest BCUT2D eigenvalue weighted by molar-refractivity contribution is 0.972. The van der Waals surface area contributed by atoms with Gasteiger partial charge in [-0.25, -0.2) is 0 Å². The van der Waals surface area contributed by atoms with E-state index < -0.39 is 0 Å². The van der Waals surface area contributed by atoms with Gasteiger partial charge < -0.3 is 5.32 Å². The van der Waals surface area contributed by atoms with Crippen molar-refractivity contribution in [3.8, 4) is 0 Å². The van der Waals surface area contributed by atoms with Crippen molar-refractivity contribution in [1.82, 2.24) is 15.2 Å². The van der Waals surface area contributed by atoms with Crippen molar-refractivity contribution in [2.45, 2.75) is 13.3 Å². The van der Waals surface area contributed by atoms with Crippen molar-refractivity contribution >= 4 is 11.6 Å². The van der Waals surface area contributed by atoms with Crippen LogP contribution in [-0.2, 0) is 6.42 Å². The van der Waals surface area contributed by atoms with Gasteiger partial charge in [-0.2, -0.15) is 4.98 Å². The number of hydrogen-bond donors (Lipinski definition) is 2. The molecule has 0 radical (unpaired) electrons. The summed E-state index contributed by atoms with van der Waals surface area (Å²) in [7, 11) is 0. The smallest absolute Gasteiger partial charge is 0.246 e. The maximum atomic E-state index is 4.46. The van der Waals surface area contributed by atoms with Crippen LogP contribution < -0.4 is 5.32 Å². The van der Waals surface area contributed by atoms with E-state index in [1.807, 2.05) is 36.4 Å². The highest BCUT2D eigenvalue weighted by atomic mass is 15.3. The molecule has 0 amide bonds. The highest BCUT2D eigenvalue weighted by Crippen LogP contribution is 2.17. The fourth-order valence-corrected chi connectivity index (χ4v) is 2.05. The molecular formula is C16H16N4. The molecule has 0 atom stereocenters. The number of nitrogens with one attached hydrogen (secondary N) is 2. The predicted molar refractivity (Wildman–Crippen MR) is 80.1 cm³/mol. The molecule has 1 aromatic heterocycles. The Labute approximate surface area is 117 Å². The lowest BCUT2D eigenvalue weighted by Crippen LogP contribution is -1.95. The third kappa shape index (κ3) is 2.85. The fourth-order valence-electron chi connectivity index (χ4n) is 2.05. The summed E-state index contributed by atoms with van der Waals surface area (Å²) < 4.78 is 0. The second kappa shape index (κ2) is 5.57. The summed E-state index contributed by atoms with van der Waals surface area (Å²) in [5.41, 5.74) is 3.41. The van der Waals surface area contributed by atoms with Crippen LogP contribution in [0.1, 0.15) is 17.0 Å². The Balaban J connectivity index is 1.73. The lowest BCUT2D eigenvalue weighted by Gasteiger charge is -2.04. The van der Waals surface area contributed by atoms with Crippen molar-refractivity contribution in [2.24, 2.45) is 0 Å². The van der Waals surface area contributed by atoms with Gasteiger partial charge >= 0.3 is 0 Å². The first kappa shape index (κ1) is 12.4. The molecule has 2 aromatic carbocycles. The van der Waals surface area contributed by atoms with Crippen LogP contribution in [0.4, 0.5) is 11.6 Å². The summed E-state index contributed by atoms with van der Waals surface area (Å²) >= 11 is 0. The highest BCUT2D eigenvalue weighted by molar-refractivity contribution is 5.57. The monoisotopic (exact) mass is 264 g/mol. The van der Waals surface area contributed by atoms with E-state index in [4.69, 9.17) is 0 Å². The van der Waals surface area contributed by atoms with Crippen molar-refractivity contribution in [3.63, 3.8) is 0 Å². The van der Waals surface area contributed by atoms with Crippen LogP contribution in [0.25, 0.3) is 0 Å². The Hall–Kier alpha value is -2.62. The molecule has 4 nitrogen and oxygen atoms in total. The molecular weight excluding hydrogens is 248 g/mol. The number of H-pyrrole nitrogens is 1. The molecule has 1 heterocycles. The average Bonchev–Trinajstić information content (AvgIpc) is 2.90. The molecule has 3 rings (SSSR count). The van der Waals surface area contributed by atoms with Gasteiger partial charge in [0.15, 0.2) is 0 Å². The lowest BCUT2D eigenvalue weighted by atomic mass is 10.1. The topological polar surface area (TPSA) is 53.6 Å². The molecule has 0 aliphatic heterocycles. The second-order valence-electron chi connectivity index (χ2n) is 4.71. The van der Waals surface area contributed by atoms with Gasteiger partial charge in [0.25, 0.3) is 0 Å². The minimum atomic E-state index is 0.602. The number of anilines is 2. The summed E-state index contributed by atoms with van der Waals surface area (Å²) in [5.74, 6) is 1.46. The van der Waals surface area contributed by atoms with E-state index in [1.165, 1.54) is 11.1 Å². The van der Waals surface area contributed by atoms with Crippen LogP contribution in [0.2, 0.25) is 0 Å². The van der Waals surface area contributed by atoms with Crippen LogP contribution in [-0.4, -0.2) is 15.2 Å². The van der Waals surface area contributed by atoms with Gasteiger partial charge in [-0.3, -0.25) is 5.10 Å². The van der Waals surface area contributed by atoms with Crippen molar-refractivity contribution in [3.05, 3.63) is 71.5 Å². The molecule has 20 heavy (non-hydrogen) atoms. The van der Waals surface area contributed by atoms with Crippen molar-refractivity contribution in [1.29, 1.82) is 0 Å². The van der Waals surface area contributed by atoms with Gasteiger partial charge in [0.2, 0.25) is 5.95 Å². The number of aryl methyl sites for hydroxylation is 1. The zero-order valence-corrected chi connectivity index (χ0v) is 11.3. The second-order valence-corrected chi connectivity index (χ2v) is 4.71. The third-order valence-electron chi connectivity index (χ3n) is 3.14. The SMILES string of the molecule is Cc1ccccc1Nc1n[nH]c(Cc2ccccc2)n1. The first-order valence-corrected chi connectivity index (χ1v) is 6.59. The number of benzene rings is 2. The van der Waals surface area contributed by atoms with E-state index in [2.05, 4.69) is 45.6 Å². The molecule has 2 N–H and O–H groups in total. The molecule has 0 aliphatic carbocycles. The van der Waals surface area contributed by atoms with E-state index >= 15 is 0 Å². The molecule has 0 saturated carbocycles. The summed E-state index contributed by atoms with van der Waals surface area (Å²) in [6.07, 6.45) is 0.753. The Morgan fingerprint density at radius 2 is 1.75 bits per heavy atom. The zero-order valence-electron chi connectivity index (χ0n) is 11.3. The zero-order chi connectivity index (χ0) is 13.8. The Morgan fingerprint density at radius 3 is 2.55 bits per heavy atom. The standard InChI is InChI=1S/C16H16N4/c1-12-7-5-6-10-14(12)17-16-18-15(19-20-16)11-13-8-3-2-4-9-13/h2-10H,11H2,1H3,(H2,17,18,19,20). The molecule has 0 bridgehead atoms. The first-order chi connectivity index (χ1) is 9.81. The average molecular weight is 264 g/mol. The first-order valence-electron chi connectivity index (χ1n) is 6.59. The number of nitrogens with zero attached hydrogens (tertiary/aromatic N) is 2. The number of hydrogen-bond acceptors (Lipinski definition) is 3. The van der Waals surface area contributed by atoms with Gasteiger partial charge in [0.1, 0.15) is 5.82 Å². The Bertz CT molecular complexity index is 688. The van der Waals surface area contributed by atoms with E-state index in [1.54, 1.807) is 0 Å².